The maximum Gasteiger partial charge on any atom is 0.273 e. The van der Waals surface area contributed by atoms with Gasteiger partial charge in [-0.1, -0.05) is 59.8 Å². The number of carbonyl (C=O) groups is 1. The summed E-state index contributed by atoms with van der Waals surface area (Å²) >= 11 is 8.66. The summed E-state index contributed by atoms with van der Waals surface area (Å²) in [7, 11) is -4.05. The molecule has 6 nitrogen and oxygen atoms in total. The molecule has 0 saturated heterocycles. The topological polar surface area (TPSA) is 81.1 Å². The van der Waals surface area contributed by atoms with Gasteiger partial charge in [0.15, 0.2) is 0 Å². The molecule has 0 aliphatic carbocycles. The Morgan fingerprint density at radius 2 is 1.75 bits per heavy atom. The summed E-state index contributed by atoms with van der Waals surface area (Å²) in [6, 6.07) is 22.0. The van der Waals surface area contributed by atoms with Crippen LogP contribution in [0.1, 0.15) is 11.4 Å². The Bertz CT molecular complexity index is 1350. The molecule has 2 heterocycles. The van der Waals surface area contributed by atoms with Gasteiger partial charge < -0.3 is 0 Å². The van der Waals surface area contributed by atoms with Crippen molar-refractivity contribution < 1.29 is 13.2 Å². The summed E-state index contributed by atoms with van der Waals surface area (Å²) < 4.78 is 30.0. The zero-order chi connectivity index (χ0) is 22.7. The van der Waals surface area contributed by atoms with E-state index in [0.29, 0.717) is 14.9 Å². The minimum Gasteiger partial charge on any atom is -0.274 e. The summed E-state index contributed by atoms with van der Waals surface area (Å²) in [6.45, 7) is 1.82. The molecule has 10 heteroatoms. The van der Waals surface area contributed by atoms with Crippen molar-refractivity contribution >= 4 is 50.6 Å². The van der Waals surface area contributed by atoms with E-state index in [-0.39, 0.29) is 10.6 Å². The van der Waals surface area contributed by atoms with Crippen LogP contribution in [0, 0.1) is 6.92 Å². The van der Waals surface area contributed by atoms with Crippen LogP contribution in [0.15, 0.2) is 86.1 Å². The number of halogens is 1. The van der Waals surface area contributed by atoms with Crippen molar-refractivity contribution in [2.24, 2.45) is 0 Å². The SMILES string of the molecule is Cc1cc(CC(=O)NS(=O)(=O)c2cc(Cl)c(Sc3ccccc3)s2)n(-c2ccccc2)n1. The van der Waals surface area contributed by atoms with E-state index in [1.807, 2.05) is 67.6 Å². The number of sulfonamides is 1. The van der Waals surface area contributed by atoms with Crippen LogP contribution < -0.4 is 4.72 Å². The quantitative estimate of drug-likeness (QED) is 0.379. The Kier molecular flexibility index (Phi) is 6.71. The van der Waals surface area contributed by atoms with Crippen molar-refractivity contribution in [3.05, 3.63) is 89.2 Å². The molecule has 0 aliphatic rings. The number of para-hydroxylation sites is 1. The summed E-state index contributed by atoms with van der Waals surface area (Å²) in [5, 5.41) is 4.74. The van der Waals surface area contributed by atoms with E-state index in [4.69, 9.17) is 11.6 Å². The van der Waals surface area contributed by atoms with E-state index in [2.05, 4.69) is 9.82 Å². The number of thiophene rings is 1. The highest BCUT2D eigenvalue weighted by Gasteiger charge is 2.23. The Morgan fingerprint density at radius 1 is 1.09 bits per heavy atom. The minimum absolute atomic E-state index is 0.0120. The van der Waals surface area contributed by atoms with Gasteiger partial charge in [0.05, 0.1) is 32.7 Å². The highest BCUT2D eigenvalue weighted by Crippen LogP contribution is 2.41. The maximum atomic E-state index is 12.8. The van der Waals surface area contributed by atoms with E-state index < -0.39 is 15.9 Å². The highest BCUT2D eigenvalue weighted by atomic mass is 35.5. The Labute approximate surface area is 199 Å². The molecule has 4 rings (SSSR count). The molecule has 0 spiro atoms. The normalized spacial score (nSPS) is 11.4. The van der Waals surface area contributed by atoms with E-state index in [1.54, 1.807) is 10.7 Å². The van der Waals surface area contributed by atoms with E-state index in [0.717, 1.165) is 27.6 Å². The smallest absolute Gasteiger partial charge is 0.273 e. The van der Waals surface area contributed by atoms with Crippen molar-refractivity contribution in [3.8, 4) is 5.69 Å². The number of carbonyl (C=O) groups excluding carboxylic acids is 1. The van der Waals surface area contributed by atoms with Crippen LogP contribution >= 0.6 is 34.7 Å². The molecule has 0 unspecified atom stereocenters. The zero-order valence-electron chi connectivity index (χ0n) is 16.9. The molecule has 0 saturated carbocycles. The van der Waals surface area contributed by atoms with Gasteiger partial charge in [0.1, 0.15) is 4.21 Å². The van der Waals surface area contributed by atoms with Crippen molar-refractivity contribution in [3.63, 3.8) is 0 Å². The van der Waals surface area contributed by atoms with Gasteiger partial charge in [0.25, 0.3) is 10.0 Å². The van der Waals surface area contributed by atoms with Crippen molar-refractivity contribution in [1.29, 1.82) is 0 Å². The average molecular weight is 504 g/mol. The summed E-state index contributed by atoms with van der Waals surface area (Å²) in [5.41, 5.74) is 2.11. The number of rotatable bonds is 7. The Balaban J connectivity index is 1.50. The number of aryl methyl sites for hydroxylation is 1. The maximum absolute atomic E-state index is 12.8. The third kappa shape index (κ3) is 5.24. The van der Waals surface area contributed by atoms with Gasteiger partial charge in [0, 0.05) is 4.90 Å². The third-order valence-electron chi connectivity index (χ3n) is 4.35. The molecule has 1 amide bonds. The predicted octanol–water partition coefficient (Wildman–Crippen LogP) is 5.09. The lowest BCUT2D eigenvalue weighted by Gasteiger charge is -2.08. The van der Waals surface area contributed by atoms with Crippen LogP contribution in [0.3, 0.4) is 0 Å². The van der Waals surface area contributed by atoms with Crippen LogP contribution in [-0.4, -0.2) is 24.1 Å². The highest BCUT2D eigenvalue weighted by molar-refractivity contribution is 8.01. The molecule has 1 N–H and O–H groups in total. The second-order valence-corrected chi connectivity index (χ2v) is 11.6. The number of hydrogen-bond donors (Lipinski definition) is 1. The van der Waals surface area contributed by atoms with Gasteiger partial charge in [0.2, 0.25) is 5.91 Å². The summed E-state index contributed by atoms with van der Waals surface area (Å²) in [4.78, 5) is 13.6. The van der Waals surface area contributed by atoms with Gasteiger partial charge >= 0.3 is 0 Å². The third-order valence-corrected chi connectivity index (χ3v) is 9.06. The fourth-order valence-electron chi connectivity index (χ4n) is 3.00. The molecule has 2 aromatic carbocycles. The van der Waals surface area contributed by atoms with Crippen LogP contribution in [0.25, 0.3) is 5.69 Å². The molecule has 0 atom stereocenters. The number of nitrogens with one attached hydrogen (secondary N) is 1. The first-order valence-electron chi connectivity index (χ1n) is 9.51. The lowest BCUT2D eigenvalue weighted by Crippen LogP contribution is -2.31. The van der Waals surface area contributed by atoms with Crippen LogP contribution in [0.2, 0.25) is 5.02 Å². The Morgan fingerprint density at radius 3 is 2.44 bits per heavy atom. The van der Waals surface area contributed by atoms with Crippen molar-refractivity contribution in [1.82, 2.24) is 14.5 Å². The van der Waals surface area contributed by atoms with Gasteiger partial charge in [-0.2, -0.15) is 5.10 Å². The van der Waals surface area contributed by atoms with Crippen LogP contribution in [-0.2, 0) is 21.2 Å². The van der Waals surface area contributed by atoms with E-state index in [1.165, 1.54) is 17.8 Å². The van der Waals surface area contributed by atoms with Crippen LogP contribution in [0.5, 0.6) is 0 Å². The monoisotopic (exact) mass is 503 g/mol. The first-order valence-corrected chi connectivity index (χ1v) is 13.0. The van der Waals surface area contributed by atoms with Gasteiger partial charge in [-0.3, -0.25) is 4.79 Å². The summed E-state index contributed by atoms with van der Waals surface area (Å²) in [5.74, 6) is -0.649. The number of amides is 1. The number of benzene rings is 2. The van der Waals surface area contributed by atoms with Gasteiger partial charge in [-0.15, -0.1) is 11.3 Å². The van der Waals surface area contributed by atoms with Crippen LogP contribution in [0.4, 0.5) is 0 Å². The molecule has 4 aromatic rings. The number of aromatic nitrogens is 2. The first-order chi connectivity index (χ1) is 15.3. The molecule has 32 heavy (non-hydrogen) atoms. The fourth-order valence-corrected chi connectivity index (χ4v) is 7.09. The first kappa shape index (κ1) is 22.6. The van der Waals surface area contributed by atoms with E-state index in [9.17, 15) is 13.2 Å². The lowest BCUT2D eigenvalue weighted by molar-refractivity contribution is -0.118. The second kappa shape index (κ2) is 9.50. The molecule has 0 aliphatic heterocycles. The van der Waals surface area contributed by atoms with Gasteiger partial charge in [-0.05, 0) is 43.3 Å². The second-order valence-electron chi connectivity index (χ2n) is 6.85. The minimum atomic E-state index is -4.05. The fraction of sp³-hybridized carbons (Fsp3) is 0.0909. The largest absolute Gasteiger partial charge is 0.274 e. The summed E-state index contributed by atoms with van der Waals surface area (Å²) in [6.07, 6.45) is -0.139. The Hall–Kier alpha value is -2.59. The standard InChI is InChI=1S/C22H18ClN3O3S3/c1-15-12-17(26(24-15)16-8-4-2-5-9-16)13-20(27)25-32(28,29)21-14-19(23)22(31-21)30-18-10-6-3-7-11-18/h2-12,14H,13H2,1H3,(H,25,27). The molecule has 164 valence electrons. The zero-order valence-corrected chi connectivity index (χ0v) is 20.1. The number of hydrogen-bond acceptors (Lipinski definition) is 6. The van der Waals surface area contributed by atoms with E-state index >= 15 is 0 Å². The lowest BCUT2D eigenvalue weighted by atomic mass is 10.2. The predicted molar refractivity (Wildman–Crippen MR) is 127 cm³/mol. The average Bonchev–Trinajstić information content (AvgIpc) is 3.31. The number of nitrogens with zero attached hydrogens (tertiary/aromatic N) is 2. The molecule has 2 aromatic heterocycles. The van der Waals surface area contributed by atoms with Gasteiger partial charge in [-0.25, -0.2) is 17.8 Å². The van der Waals surface area contributed by atoms with Crippen molar-refractivity contribution in [2.75, 3.05) is 0 Å². The molecule has 0 radical (unpaired) electrons. The van der Waals surface area contributed by atoms with Crippen molar-refractivity contribution in [2.45, 2.75) is 26.7 Å². The molecular weight excluding hydrogens is 486 g/mol. The molecule has 0 fully saturated rings. The molecular formula is C22H18ClN3O3S3. The molecule has 0 bridgehead atoms.